The number of carbonyl (C=O) groups excluding carboxylic acids is 13. The average molecular weight is 1680 g/mol. The van der Waals surface area contributed by atoms with Gasteiger partial charge in [0, 0.05) is 50.1 Å². The normalized spacial score (nSPS) is 16.5. The summed E-state index contributed by atoms with van der Waals surface area (Å²) < 4.78 is 21.0. The van der Waals surface area contributed by atoms with Gasteiger partial charge in [-0.1, -0.05) is 266 Å². The van der Waals surface area contributed by atoms with Crippen LogP contribution in [0.1, 0.15) is 189 Å². The highest BCUT2D eigenvalue weighted by atomic mass is 16.2. The maximum absolute atomic E-state index is 14.3. The molecule has 1 fully saturated rings. The molecule has 1 aliphatic rings. The molecule has 11 atom stereocenters. The van der Waals surface area contributed by atoms with Gasteiger partial charge in [-0.15, -0.1) is 0 Å². The summed E-state index contributed by atoms with van der Waals surface area (Å²) in [6.45, 7) is 15.1. The Morgan fingerprint density at radius 1 is 0.430 bits per heavy atom. The standard InChI is InChI=1S/C67H91N9O10.C15H22N2O2.C9H11NO.C2H6.3CH4/c1-44(2)33-56(75-64(83)51(35-46-21-9-5-10-22-46)40-58(77)53(68)37-48-25-13-7-14-26-48)60(79)39-50-29-17-19-31-70-62(81)43-73-66(85)55(30-18-20-32-71-61(80)42-72-63(50)82)74-67(86)57(34-45(3)4)76-65(84)52(36-47-23-11-6-12-24-47)41-59(78)54(69)38-49-27-15-8-16-28-49;1-11(2)8-13(10-18)17-15(19)14(16)9-12-6-4-3-5-7-12;10-9(7-11)6-8-4-2-1-3-5-8;1-2;;;/h5-16,21-28,44-45,50-57H,17-20,29-43,68-69H2,1-4H3,(H,70,81)(H,71,80)(H,72,82)(H,73,85)(H,74,86)(H,75,83)(H,76,84);3-7,10-11,13-14H,8-9,16H2,1-2H3,(H,17,19);1-5,7,9H,6,10H2;1-2H3;3*1H4/t50-,51-,52-,53+,54+,55+,56+,57+;13-,14-;9-;;;;/m000..../s1/i;;7D;;;;/hD2. The van der Waals surface area contributed by atoms with E-state index in [2.05, 4.69) is 54.0 Å². The highest BCUT2D eigenvalue weighted by molar-refractivity contribution is 5.97. The van der Waals surface area contributed by atoms with Crippen molar-refractivity contribution in [1.29, 1.82) is 0 Å². The molecule has 1 saturated heterocycles. The summed E-state index contributed by atoms with van der Waals surface area (Å²) >= 11 is 0. The molecule has 7 rings (SSSR count). The molecule has 0 saturated carbocycles. The van der Waals surface area contributed by atoms with Crippen LogP contribution >= 0.6 is 0 Å². The van der Waals surface area contributed by atoms with Crippen molar-refractivity contribution in [3.63, 3.8) is 0 Å². The van der Waals surface area contributed by atoms with Crippen LogP contribution in [0.25, 0.3) is 0 Å². The van der Waals surface area contributed by atoms with Gasteiger partial charge in [0.05, 0.1) is 49.3 Å². The summed E-state index contributed by atoms with van der Waals surface area (Å²) in [5, 5.41) is 22.2. The molecule has 0 aromatic heterocycles. The molecular weight excluding hydrogens is 1530 g/mol. The summed E-state index contributed by atoms with van der Waals surface area (Å²) in [6.07, 6.45) is 4.10. The third-order valence-corrected chi connectivity index (χ3v) is 19.5. The van der Waals surface area contributed by atoms with Crippen molar-refractivity contribution in [3.8, 4) is 0 Å². The number of hydrogen-bond donors (Lipinski definition) is 12. The van der Waals surface area contributed by atoms with E-state index in [0.29, 0.717) is 63.7 Å². The fourth-order valence-electron chi connectivity index (χ4n) is 13.3. The first-order chi connectivity index (χ1) is 58.0. The molecule has 0 unspecified atom stereocenters. The van der Waals surface area contributed by atoms with E-state index in [-0.39, 0.29) is 128 Å². The highest BCUT2D eigenvalue weighted by Crippen LogP contribution is 2.23. The Morgan fingerprint density at radius 3 is 1.17 bits per heavy atom. The maximum Gasteiger partial charge on any atom is 0.243 e. The van der Waals surface area contributed by atoms with Crippen LogP contribution in [0.2, 0.25) is 2.82 Å². The third kappa shape index (κ3) is 44.9. The van der Waals surface area contributed by atoms with Crippen LogP contribution in [-0.4, -0.2) is 152 Å². The maximum atomic E-state index is 14.3. The number of amides is 8. The lowest BCUT2D eigenvalue weighted by Crippen LogP contribution is -2.55. The largest absolute Gasteiger partial charge is 0.355 e. The number of Topliss-reactive ketones (excluding diaryl/α,β-unsaturated/α-hetero) is 3. The van der Waals surface area contributed by atoms with Gasteiger partial charge in [0.2, 0.25) is 47.3 Å². The number of ketones is 3. The number of aldehydes is 2. The summed E-state index contributed by atoms with van der Waals surface area (Å²) in [4.78, 5) is 172. The molecule has 1 heterocycles. The van der Waals surface area contributed by atoms with E-state index in [1.54, 1.807) is 0 Å². The summed E-state index contributed by atoms with van der Waals surface area (Å²) in [7, 11) is 0. The first-order valence-corrected chi connectivity index (χ1v) is 41.5. The fraction of sp³-hybridized carbons (Fsp3) is 0.490. The number of hydrogen-bond acceptors (Lipinski definition) is 17. The van der Waals surface area contributed by atoms with Crippen molar-refractivity contribution < 1.29 is 66.5 Å². The Morgan fingerprint density at radius 2 is 0.793 bits per heavy atom. The molecule has 0 aliphatic carbocycles. The van der Waals surface area contributed by atoms with Crippen LogP contribution in [0.4, 0.5) is 0 Å². The zero-order chi connectivity index (χ0) is 89.0. The van der Waals surface area contributed by atoms with E-state index in [4.69, 9.17) is 15.7 Å². The highest BCUT2D eigenvalue weighted by Gasteiger charge is 2.35. The Hall–Kier alpha value is -10.7. The molecule has 1 aliphatic heterocycles. The molecule has 6 aromatic carbocycles. The van der Waals surface area contributed by atoms with Gasteiger partial charge >= 0.3 is 0 Å². The monoisotopic (exact) mass is 1670 g/mol. The van der Waals surface area contributed by atoms with Gasteiger partial charge in [-0.05, 0) is 141 Å². The minimum atomic E-state index is -1.14. The van der Waals surface area contributed by atoms with Gasteiger partial charge < -0.3 is 75.0 Å². The predicted octanol–water partition coefficient (Wildman–Crippen LogP) is 9.68. The molecular formula is C96H142N12O13. The van der Waals surface area contributed by atoms with E-state index in [0.717, 1.165) is 39.7 Å². The second-order valence-corrected chi connectivity index (χ2v) is 31.1. The second kappa shape index (κ2) is 61.5. The van der Waals surface area contributed by atoms with Crippen molar-refractivity contribution in [2.24, 2.45) is 58.4 Å². The van der Waals surface area contributed by atoms with Gasteiger partial charge in [0.1, 0.15) is 28.8 Å². The number of benzene rings is 6. The quantitative estimate of drug-likeness (QED) is 0.0160. The van der Waals surface area contributed by atoms with Gasteiger partial charge in [-0.25, -0.2) is 0 Å². The summed E-state index contributed by atoms with van der Waals surface area (Å²) in [5.74, 6) is -7.47. The van der Waals surface area contributed by atoms with E-state index in [1.807, 2.05) is 237 Å². The minimum absolute atomic E-state index is 0. The van der Waals surface area contributed by atoms with Gasteiger partial charge in [-0.3, -0.25) is 52.7 Å². The Balaban J connectivity index is 0.00000167. The third-order valence-electron chi connectivity index (χ3n) is 19.5. The molecule has 664 valence electrons. The number of rotatable bonds is 39. The Labute approximate surface area is 724 Å². The molecule has 121 heavy (non-hydrogen) atoms. The lowest BCUT2D eigenvalue weighted by Gasteiger charge is -2.26. The van der Waals surface area contributed by atoms with E-state index >= 15 is 0 Å². The van der Waals surface area contributed by atoms with Crippen molar-refractivity contribution in [3.05, 3.63) is 215 Å². The molecule has 25 heteroatoms. The Bertz CT molecular complexity index is 3920. The average Bonchev–Trinajstić information content (AvgIpc) is 0.855. The summed E-state index contributed by atoms with van der Waals surface area (Å²) in [5.41, 5.74) is 22.4. The van der Waals surface area contributed by atoms with Gasteiger partial charge in [-0.2, -0.15) is 0 Å². The SMILES string of the molecule is C.C.C.CC.CC(C)C[C@@H](NC(=O)[C@H](CC(=O)[C@H](N)Cc1ccccc1)Cc1ccccc1)C(=O)C[C@@H]1CCCCNC(=O)CNC(=O)[C@H](NC(=O)[C@@H](CC(C)C)NC(=O)[C@H](CC(=O)[C@H](N)Cc2ccccc2)Cc2ccccc2)CCCCNC(=O)CNC1=O.[2H]N[C@@H](Cc1ccccc1)C(=O)N[C@H](C=O)CC(C)C.[2H]N[C@@H](Cc1ccccc1)C([2H])=O. The van der Waals surface area contributed by atoms with Crippen LogP contribution in [0.3, 0.4) is 0 Å². The van der Waals surface area contributed by atoms with Gasteiger partial charge in [0.15, 0.2) is 17.3 Å². The first kappa shape index (κ1) is 103. The predicted molar refractivity (Wildman–Crippen MR) is 482 cm³/mol. The Kier molecular flexibility index (Phi) is 52.2. The van der Waals surface area contributed by atoms with Crippen molar-refractivity contribution in [1.82, 2.24) is 42.5 Å². The lowest BCUT2D eigenvalue weighted by atomic mass is 9.87. The smallest absolute Gasteiger partial charge is 0.243 e. The van der Waals surface area contributed by atoms with Crippen LogP contribution in [0, 0.1) is 35.5 Å². The van der Waals surface area contributed by atoms with Crippen LogP contribution < -0.4 is 65.5 Å². The molecule has 0 bridgehead atoms. The topological polar surface area (TPSA) is 422 Å². The van der Waals surface area contributed by atoms with Crippen molar-refractivity contribution >= 4 is 77.2 Å². The van der Waals surface area contributed by atoms with Gasteiger partial charge in [0.25, 0.3) is 0 Å². The number of nitrogens with two attached hydrogens (primary N) is 4. The van der Waals surface area contributed by atoms with E-state index < -0.39 is 127 Å². The summed E-state index contributed by atoms with van der Waals surface area (Å²) in [6, 6.07) is 49.3. The minimum Gasteiger partial charge on any atom is -0.355 e. The molecule has 16 N–H and O–H groups in total. The van der Waals surface area contributed by atoms with Crippen molar-refractivity contribution in [2.75, 3.05) is 26.2 Å². The second-order valence-electron chi connectivity index (χ2n) is 31.1. The zero-order valence-corrected chi connectivity index (χ0v) is 70.0. The van der Waals surface area contributed by atoms with E-state index in [9.17, 15) is 62.3 Å². The zero-order valence-electron chi connectivity index (χ0n) is 73.0. The van der Waals surface area contributed by atoms with E-state index in [1.165, 1.54) is 0 Å². The molecule has 0 radical (unpaired) electrons. The molecule has 0 spiro atoms. The number of nitrogens with one attached hydrogen (secondary N) is 8. The first-order valence-electron chi connectivity index (χ1n) is 43.0. The number of carbonyl (C=O) groups is 13. The molecule has 8 amide bonds. The fourth-order valence-corrected chi connectivity index (χ4v) is 13.3. The lowest BCUT2D eigenvalue weighted by molar-refractivity contribution is -0.135. The molecule has 6 aromatic rings. The van der Waals surface area contributed by atoms with Crippen LogP contribution in [0.15, 0.2) is 182 Å². The molecule has 25 nitrogen and oxygen atoms in total. The van der Waals surface area contributed by atoms with Crippen molar-refractivity contribution in [2.45, 2.75) is 242 Å². The van der Waals surface area contributed by atoms with Crippen LogP contribution in [0.5, 0.6) is 0 Å². The van der Waals surface area contributed by atoms with Crippen LogP contribution in [-0.2, 0) is 101 Å².